The lowest BCUT2D eigenvalue weighted by Gasteiger charge is -2.35. The van der Waals surface area contributed by atoms with Gasteiger partial charge in [-0.2, -0.15) is 0 Å². The Morgan fingerprint density at radius 1 is 1.12 bits per heavy atom. The van der Waals surface area contributed by atoms with E-state index in [1.165, 1.54) is 62.2 Å². The van der Waals surface area contributed by atoms with Crippen LogP contribution in [-0.2, 0) is 0 Å². The van der Waals surface area contributed by atoms with E-state index in [4.69, 9.17) is 0 Å². The number of nitrogens with one attached hydrogen (secondary N) is 1. The van der Waals surface area contributed by atoms with Crippen molar-refractivity contribution in [2.45, 2.75) is 76.8 Å². The summed E-state index contributed by atoms with van der Waals surface area (Å²) in [6.07, 6.45) is 13.1. The summed E-state index contributed by atoms with van der Waals surface area (Å²) in [7, 11) is 0. The average Bonchev–Trinajstić information content (AvgIpc) is 2.67. The van der Waals surface area contributed by atoms with Crippen LogP contribution in [0.1, 0.15) is 64.7 Å². The van der Waals surface area contributed by atoms with Crippen molar-refractivity contribution in [3.05, 3.63) is 0 Å². The first kappa shape index (κ1) is 14.1. The van der Waals surface area contributed by atoms with Crippen LogP contribution >= 0.6 is 22.6 Å². The summed E-state index contributed by atoms with van der Waals surface area (Å²) in [6, 6.07) is 1.75. The molecule has 2 bridgehead atoms. The van der Waals surface area contributed by atoms with Crippen molar-refractivity contribution >= 4 is 22.6 Å². The lowest BCUT2D eigenvalue weighted by Crippen LogP contribution is -2.40. The molecule has 0 aromatic heterocycles. The molecular weight excluding hydrogens is 321 g/mol. The van der Waals surface area contributed by atoms with Crippen molar-refractivity contribution in [3.63, 3.8) is 0 Å². The monoisotopic (exact) mass is 349 g/mol. The Morgan fingerprint density at radius 3 is 2.41 bits per heavy atom. The highest BCUT2D eigenvalue weighted by Gasteiger charge is 2.36. The summed E-state index contributed by atoms with van der Waals surface area (Å²) in [6.45, 7) is 2.32. The van der Waals surface area contributed by atoms with Crippen LogP contribution in [0.5, 0.6) is 0 Å². The van der Waals surface area contributed by atoms with Crippen LogP contribution in [-0.4, -0.2) is 16.5 Å². The Balaban J connectivity index is 1.82. The molecule has 2 heterocycles. The second-order valence-corrected chi connectivity index (χ2v) is 7.18. The van der Waals surface area contributed by atoms with Gasteiger partial charge in [0.2, 0.25) is 0 Å². The third-order valence-corrected chi connectivity index (χ3v) is 5.46. The van der Waals surface area contributed by atoms with Gasteiger partial charge in [-0.25, -0.2) is 0 Å². The molecule has 0 spiro atoms. The molecular formula is C15H28IN. The van der Waals surface area contributed by atoms with E-state index in [1.807, 2.05) is 0 Å². The summed E-state index contributed by atoms with van der Waals surface area (Å²) < 4.78 is 1.35. The average molecular weight is 349 g/mol. The number of hydrogen-bond acceptors (Lipinski definition) is 1. The molecule has 2 aliphatic heterocycles. The van der Waals surface area contributed by atoms with Crippen molar-refractivity contribution in [3.8, 4) is 0 Å². The van der Waals surface area contributed by atoms with Crippen molar-refractivity contribution in [2.75, 3.05) is 4.43 Å². The van der Waals surface area contributed by atoms with Gasteiger partial charge in [-0.15, -0.1) is 0 Å². The fourth-order valence-electron chi connectivity index (χ4n) is 3.90. The number of piperidine rings is 1. The fourth-order valence-corrected chi connectivity index (χ4v) is 4.70. The predicted octanol–water partition coefficient (Wildman–Crippen LogP) is 4.54. The smallest absolute Gasteiger partial charge is 0.00729 e. The fraction of sp³-hybridized carbons (Fsp3) is 1.00. The van der Waals surface area contributed by atoms with E-state index < -0.39 is 0 Å². The molecule has 4 atom stereocenters. The van der Waals surface area contributed by atoms with Gasteiger partial charge >= 0.3 is 0 Å². The first-order valence-electron chi connectivity index (χ1n) is 7.65. The maximum Gasteiger partial charge on any atom is 0.00729 e. The number of halogens is 1. The van der Waals surface area contributed by atoms with Crippen molar-refractivity contribution in [1.29, 1.82) is 0 Å². The number of hydrogen-bond donors (Lipinski definition) is 1. The van der Waals surface area contributed by atoms with Crippen LogP contribution in [0.2, 0.25) is 0 Å². The minimum atomic E-state index is 0.877. The van der Waals surface area contributed by atoms with E-state index in [0.29, 0.717) is 0 Å². The summed E-state index contributed by atoms with van der Waals surface area (Å²) in [5.74, 6) is 2.07. The summed E-state index contributed by atoms with van der Waals surface area (Å²) in [4.78, 5) is 0. The largest absolute Gasteiger partial charge is 0.311 e. The normalized spacial score (nSPS) is 33.9. The highest BCUT2D eigenvalue weighted by atomic mass is 127. The summed E-state index contributed by atoms with van der Waals surface area (Å²) >= 11 is 2.57. The second kappa shape index (κ2) is 7.32. The summed E-state index contributed by atoms with van der Waals surface area (Å²) in [5.41, 5.74) is 0. The van der Waals surface area contributed by atoms with Gasteiger partial charge in [0.1, 0.15) is 0 Å². The molecule has 2 saturated heterocycles. The zero-order chi connectivity index (χ0) is 12.1. The Bertz CT molecular complexity index is 207. The van der Waals surface area contributed by atoms with E-state index in [2.05, 4.69) is 34.8 Å². The molecule has 2 rings (SSSR count). The molecule has 2 aliphatic rings. The zero-order valence-electron chi connectivity index (χ0n) is 11.3. The van der Waals surface area contributed by atoms with E-state index in [-0.39, 0.29) is 0 Å². The van der Waals surface area contributed by atoms with Gasteiger partial charge in [0.25, 0.3) is 0 Å². The van der Waals surface area contributed by atoms with Crippen LogP contribution < -0.4 is 5.32 Å². The van der Waals surface area contributed by atoms with Gasteiger partial charge in [-0.3, -0.25) is 0 Å². The maximum atomic E-state index is 3.78. The molecule has 100 valence electrons. The van der Waals surface area contributed by atoms with E-state index in [9.17, 15) is 0 Å². The second-order valence-electron chi connectivity index (χ2n) is 6.10. The van der Waals surface area contributed by atoms with Gasteiger partial charge in [-0.1, -0.05) is 55.2 Å². The minimum Gasteiger partial charge on any atom is -0.311 e. The Morgan fingerprint density at radius 2 is 1.82 bits per heavy atom. The lowest BCUT2D eigenvalue weighted by atomic mass is 9.78. The van der Waals surface area contributed by atoms with Crippen LogP contribution in [0.25, 0.3) is 0 Å². The zero-order valence-corrected chi connectivity index (χ0v) is 13.4. The number of fused-ring (bicyclic) bond motifs is 2. The molecule has 0 aromatic carbocycles. The van der Waals surface area contributed by atoms with Crippen LogP contribution in [0.4, 0.5) is 0 Å². The number of unbranched alkanes of at least 4 members (excludes halogenated alkanes) is 2. The van der Waals surface area contributed by atoms with Crippen LogP contribution in [0.3, 0.4) is 0 Å². The molecule has 0 radical (unpaired) electrons. The van der Waals surface area contributed by atoms with Gasteiger partial charge in [-0.05, 0) is 48.4 Å². The maximum absolute atomic E-state index is 3.78. The quantitative estimate of drug-likeness (QED) is 0.404. The van der Waals surface area contributed by atoms with Crippen molar-refractivity contribution in [2.24, 2.45) is 11.8 Å². The highest BCUT2D eigenvalue weighted by molar-refractivity contribution is 14.1. The molecule has 1 N–H and O–H groups in total. The Labute approximate surface area is 121 Å². The third kappa shape index (κ3) is 4.09. The predicted molar refractivity (Wildman–Crippen MR) is 83.8 cm³/mol. The molecule has 17 heavy (non-hydrogen) atoms. The number of rotatable bonds is 7. The van der Waals surface area contributed by atoms with Crippen LogP contribution in [0, 0.1) is 11.8 Å². The van der Waals surface area contributed by atoms with Gasteiger partial charge < -0.3 is 5.32 Å². The minimum absolute atomic E-state index is 0.877. The van der Waals surface area contributed by atoms with Gasteiger partial charge in [0.15, 0.2) is 0 Å². The summed E-state index contributed by atoms with van der Waals surface area (Å²) in [5, 5.41) is 3.78. The molecule has 2 fully saturated rings. The van der Waals surface area contributed by atoms with E-state index >= 15 is 0 Å². The first-order valence-corrected chi connectivity index (χ1v) is 9.18. The molecule has 2 unspecified atom stereocenters. The van der Waals surface area contributed by atoms with Crippen LogP contribution in [0.15, 0.2) is 0 Å². The van der Waals surface area contributed by atoms with Crippen molar-refractivity contribution in [1.82, 2.24) is 5.32 Å². The Hall–Kier alpha value is 0.690. The van der Waals surface area contributed by atoms with Gasteiger partial charge in [0, 0.05) is 12.1 Å². The lowest BCUT2D eigenvalue weighted by molar-refractivity contribution is 0.200. The Kier molecular flexibility index (Phi) is 6.07. The van der Waals surface area contributed by atoms with E-state index in [0.717, 1.165) is 23.9 Å². The molecule has 1 nitrogen and oxygen atoms in total. The third-order valence-electron chi connectivity index (χ3n) is 4.83. The highest BCUT2D eigenvalue weighted by Crippen LogP contribution is 2.38. The van der Waals surface area contributed by atoms with Crippen molar-refractivity contribution < 1.29 is 0 Å². The molecule has 0 amide bonds. The SMILES string of the molecule is CCCCCC(CCI)C1C[C@H]2CC[C@@H](C1)N2. The molecule has 2 heteroatoms. The number of alkyl halides is 1. The van der Waals surface area contributed by atoms with Gasteiger partial charge in [0.05, 0.1) is 0 Å². The standard InChI is InChI=1S/C15H28IN/c1-2-3-4-5-12(8-9-16)13-10-14-6-7-15(11-13)17-14/h12-15,17H,2-11H2,1H3/t12?,13?,14-,15+. The molecule has 0 aliphatic carbocycles. The molecule has 0 saturated carbocycles. The molecule has 0 aromatic rings. The topological polar surface area (TPSA) is 12.0 Å². The van der Waals surface area contributed by atoms with E-state index in [1.54, 1.807) is 0 Å². The first-order chi connectivity index (χ1) is 8.33.